The van der Waals surface area contributed by atoms with Crippen molar-refractivity contribution in [1.29, 1.82) is 0 Å². The van der Waals surface area contributed by atoms with E-state index in [4.69, 9.17) is 5.73 Å². The Labute approximate surface area is 242 Å². The molecule has 0 radical (unpaired) electrons. The lowest BCUT2D eigenvalue weighted by Crippen LogP contribution is -2.26. The molecule has 0 aliphatic carbocycles. The molecule has 0 fully saturated rings. The van der Waals surface area contributed by atoms with Crippen LogP contribution in [0.2, 0.25) is 0 Å². The maximum Gasteiger partial charge on any atom is 0.181 e. The van der Waals surface area contributed by atoms with Gasteiger partial charge in [-0.2, -0.15) is 0 Å². The van der Waals surface area contributed by atoms with Gasteiger partial charge in [0.2, 0.25) is 0 Å². The molecule has 42 heavy (non-hydrogen) atoms. The summed E-state index contributed by atoms with van der Waals surface area (Å²) in [7, 11) is 1.56. The highest BCUT2D eigenvalue weighted by molar-refractivity contribution is 5.91. The van der Waals surface area contributed by atoms with E-state index in [0.29, 0.717) is 28.0 Å². The van der Waals surface area contributed by atoms with E-state index < -0.39 is 11.6 Å². The summed E-state index contributed by atoms with van der Waals surface area (Å²) in [5.41, 5.74) is 10.5. The standard InChI is InChI=1S/C17H13F2N7.C14H19NO/c1-20-11-5-4-10(18)14(12(11)19)26-16-9(3-2-6-21-16)13-15-17(24-7-22-13)25-8-23-15;1-4-6-13(15)14(2,3)12-8-5-7-11(9-12)10-16/h2-8,20H,1H3,(H,21,26)(H,22,23,24,25);5-10H,4,15H2,1-3H3/b;13-6+. The van der Waals surface area contributed by atoms with Crippen molar-refractivity contribution in [1.82, 2.24) is 24.9 Å². The predicted octanol–water partition coefficient (Wildman–Crippen LogP) is 6.51. The highest BCUT2D eigenvalue weighted by Crippen LogP contribution is 2.33. The van der Waals surface area contributed by atoms with Gasteiger partial charge in [-0.3, -0.25) is 4.79 Å². The zero-order chi connectivity index (χ0) is 30.3. The molecule has 0 aliphatic heterocycles. The minimum Gasteiger partial charge on any atom is -0.402 e. The van der Waals surface area contributed by atoms with E-state index in [-0.39, 0.29) is 22.6 Å². The summed E-state index contributed by atoms with van der Waals surface area (Å²) in [4.78, 5) is 30.4. The summed E-state index contributed by atoms with van der Waals surface area (Å²) < 4.78 is 28.7. The molecule has 0 aliphatic rings. The number of hydrogen-bond acceptors (Lipinski definition) is 8. The SMILES string of the molecule is CC/C=C(/N)C(C)(C)c1cccc(C=O)c1.CNc1ccc(F)c(Nc2ncccc2-c2ncnc3nc[nH]c23)c1F. The van der Waals surface area contributed by atoms with Gasteiger partial charge in [0, 0.05) is 35.5 Å². The molecule has 0 unspecified atom stereocenters. The second-order valence-corrected chi connectivity index (χ2v) is 9.82. The number of nitrogens with two attached hydrogens (primary N) is 1. The number of aldehydes is 1. The fraction of sp³-hybridized carbons (Fsp3) is 0.194. The number of benzene rings is 2. The van der Waals surface area contributed by atoms with Crippen LogP contribution >= 0.6 is 0 Å². The van der Waals surface area contributed by atoms with Crippen LogP contribution in [0.1, 0.15) is 43.1 Å². The number of aromatic amines is 1. The van der Waals surface area contributed by atoms with E-state index in [9.17, 15) is 13.6 Å². The van der Waals surface area contributed by atoms with Gasteiger partial charge in [-0.25, -0.2) is 28.7 Å². The fourth-order valence-electron chi connectivity index (χ4n) is 4.29. The molecule has 9 nitrogen and oxygen atoms in total. The van der Waals surface area contributed by atoms with Crippen LogP contribution in [0.4, 0.5) is 26.0 Å². The van der Waals surface area contributed by atoms with Crippen LogP contribution in [0.25, 0.3) is 22.4 Å². The first-order chi connectivity index (χ1) is 20.2. The van der Waals surface area contributed by atoms with Crippen LogP contribution in [0.3, 0.4) is 0 Å². The molecule has 3 heterocycles. The van der Waals surface area contributed by atoms with Crippen LogP contribution in [0.15, 0.2) is 79.2 Å². The van der Waals surface area contributed by atoms with E-state index in [1.165, 1.54) is 31.0 Å². The largest absolute Gasteiger partial charge is 0.402 e. The summed E-state index contributed by atoms with van der Waals surface area (Å²) in [5, 5.41) is 5.42. The lowest BCUT2D eigenvalue weighted by molar-refractivity contribution is 0.112. The lowest BCUT2D eigenvalue weighted by atomic mass is 9.80. The van der Waals surface area contributed by atoms with E-state index in [1.807, 2.05) is 24.3 Å². The van der Waals surface area contributed by atoms with Gasteiger partial charge in [0.1, 0.15) is 41.1 Å². The maximum atomic E-state index is 14.5. The molecule has 2 aromatic carbocycles. The molecule has 0 saturated heterocycles. The summed E-state index contributed by atoms with van der Waals surface area (Å²) in [6.07, 6.45) is 8.20. The Morgan fingerprint density at radius 1 is 1.07 bits per heavy atom. The van der Waals surface area contributed by atoms with Gasteiger partial charge < -0.3 is 21.4 Å². The number of anilines is 3. The number of nitrogens with zero attached hydrogens (tertiary/aromatic N) is 4. The Kier molecular flexibility index (Phi) is 9.21. The van der Waals surface area contributed by atoms with Crippen LogP contribution in [0.5, 0.6) is 0 Å². The molecular weight excluding hydrogens is 538 g/mol. The number of hydrogen-bond donors (Lipinski definition) is 4. The Bertz CT molecular complexity index is 1730. The number of nitrogens with one attached hydrogen (secondary N) is 3. The summed E-state index contributed by atoms with van der Waals surface area (Å²) in [6.45, 7) is 6.20. The topological polar surface area (TPSA) is 134 Å². The van der Waals surface area contributed by atoms with E-state index in [1.54, 1.807) is 25.2 Å². The third kappa shape index (κ3) is 6.25. The number of fused-ring (bicyclic) bond motifs is 1. The van der Waals surface area contributed by atoms with E-state index in [2.05, 4.69) is 56.3 Å². The highest BCUT2D eigenvalue weighted by atomic mass is 19.1. The van der Waals surface area contributed by atoms with Crippen molar-refractivity contribution in [2.45, 2.75) is 32.6 Å². The zero-order valence-electron chi connectivity index (χ0n) is 23.7. The second kappa shape index (κ2) is 13.0. The van der Waals surface area contributed by atoms with Gasteiger partial charge in [0.15, 0.2) is 11.5 Å². The number of halogens is 2. The molecule has 0 spiro atoms. The Morgan fingerprint density at radius 2 is 1.88 bits per heavy atom. The normalized spacial score (nSPS) is 11.5. The number of aromatic nitrogens is 5. The lowest BCUT2D eigenvalue weighted by Gasteiger charge is -2.26. The van der Waals surface area contributed by atoms with Gasteiger partial charge in [-0.15, -0.1) is 0 Å². The number of allylic oxidation sites excluding steroid dienone is 2. The molecule has 0 bridgehead atoms. The number of carbonyl (C=O) groups excluding carboxylic acids is 1. The number of rotatable bonds is 8. The number of imidazole rings is 1. The molecule has 11 heteroatoms. The van der Waals surface area contributed by atoms with Crippen molar-refractivity contribution < 1.29 is 13.6 Å². The summed E-state index contributed by atoms with van der Waals surface area (Å²) in [5.74, 6) is -1.21. The first kappa shape index (κ1) is 29.8. The molecule has 0 saturated carbocycles. The molecule has 5 rings (SSSR count). The van der Waals surface area contributed by atoms with Gasteiger partial charge in [-0.1, -0.05) is 45.0 Å². The Hall–Kier alpha value is -5.19. The smallest absolute Gasteiger partial charge is 0.181 e. The van der Waals surface area contributed by atoms with Crippen molar-refractivity contribution in [2.24, 2.45) is 5.73 Å². The van der Waals surface area contributed by atoms with E-state index in [0.717, 1.165) is 24.0 Å². The van der Waals surface area contributed by atoms with Crippen molar-refractivity contribution in [3.8, 4) is 11.3 Å². The third-order valence-electron chi connectivity index (χ3n) is 6.78. The molecule has 5 N–H and O–H groups in total. The minimum atomic E-state index is -0.738. The van der Waals surface area contributed by atoms with Crippen molar-refractivity contribution in [3.63, 3.8) is 0 Å². The first-order valence-electron chi connectivity index (χ1n) is 13.2. The predicted molar refractivity (Wildman–Crippen MR) is 162 cm³/mol. The molecular formula is C31H32F2N8O. The molecule has 216 valence electrons. The average molecular weight is 571 g/mol. The first-order valence-corrected chi connectivity index (χ1v) is 13.2. The summed E-state index contributed by atoms with van der Waals surface area (Å²) >= 11 is 0. The second-order valence-electron chi connectivity index (χ2n) is 9.82. The van der Waals surface area contributed by atoms with Crippen molar-refractivity contribution in [3.05, 3.63) is 102 Å². The highest BCUT2D eigenvalue weighted by Gasteiger charge is 2.23. The van der Waals surface area contributed by atoms with Crippen LogP contribution in [0, 0.1) is 11.6 Å². The Balaban J connectivity index is 0.000000219. The van der Waals surface area contributed by atoms with Crippen LogP contribution in [-0.4, -0.2) is 38.3 Å². The Morgan fingerprint density at radius 3 is 2.62 bits per heavy atom. The van der Waals surface area contributed by atoms with Gasteiger partial charge in [0.25, 0.3) is 0 Å². The average Bonchev–Trinajstić information content (AvgIpc) is 3.49. The minimum absolute atomic E-state index is 0.171. The maximum absolute atomic E-state index is 14.5. The van der Waals surface area contributed by atoms with Gasteiger partial charge >= 0.3 is 0 Å². The summed E-state index contributed by atoms with van der Waals surface area (Å²) in [6, 6.07) is 13.5. The van der Waals surface area contributed by atoms with Crippen molar-refractivity contribution >= 4 is 34.6 Å². The van der Waals surface area contributed by atoms with Gasteiger partial charge in [0.05, 0.1) is 12.0 Å². The molecule has 3 aromatic heterocycles. The third-order valence-corrected chi connectivity index (χ3v) is 6.78. The van der Waals surface area contributed by atoms with E-state index >= 15 is 0 Å². The number of pyridine rings is 1. The van der Waals surface area contributed by atoms with Crippen molar-refractivity contribution in [2.75, 3.05) is 17.7 Å². The fourth-order valence-corrected chi connectivity index (χ4v) is 4.29. The molecule has 0 amide bonds. The van der Waals surface area contributed by atoms with Gasteiger partial charge in [-0.05, 0) is 42.3 Å². The monoisotopic (exact) mass is 570 g/mol. The molecule has 5 aromatic rings. The van der Waals surface area contributed by atoms with Crippen LogP contribution < -0.4 is 16.4 Å². The number of carbonyl (C=O) groups is 1. The van der Waals surface area contributed by atoms with Crippen LogP contribution in [-0.2, 0) is 5.41 Å². The zero-order valence-corrected chi connectivity index (χ0v) is 23.7. The number of H-pyrrole nitrogens is 1. The quantitative estimate of drug-likeness (QED) is 0.155. The molecule has 0 atom stereocenters.